The molecule has 0 aromatic heterocycles. The standard InChI is InChI=1S/C11H16NO7P/c1-11(13,9-5-3-4-6-10(9)12-14)18-7-8-19-20(15,16)17-2/h3-6,13H,7-8H2,1-2H3,(H,15,16). The van der Waals surface area contributed by atoms with E-state index < -0.39 is 13.6 Å². The Bertz CT molecular complexity index is 505. The second-order valence-corrected chi connectivity index (χ2v) is 5.48. The number of phosphoric ester groups is 1. The molecule has 0 saturated heterocycles. The Morgan fingerprint density at radius 1 is 1.35 bits per heavy atom. The predicted molar refractivity (Wildman–Crippen MR) is 70.2 cm³/mol. The SMILES string of the molecule is COP(=O)(O)OCCOC(C)(O)c1ccccc1N=O. The fourth-order valence-electron chi connectivity index (χ4n) is 1.47. The molecular weight excluding hydrogens is 289 g/mol. The first-order valence-electron chi connectivity index (χ1n) is 5.64. The van der Waals surface area contributed by atoms with Gasteiger partial charge in [0.15, 0.2) is 5.79 Å². The van der Waals surface area contributed by atoms with Gasteiger partial charge in [-0.3, -0.25) is 9.05 Å². The van der Waals surface area contributed by atoms with Crippen molar-refractivity contribution in [1.82, 2.24) is 0 Å². The van der Waals surface area contributed by atoms with Crippen LogP contribution in [0.25, 0.3) is 0 Å². The summed E-state index contributed by atoms with van der Waals surface area (Å²) in [5.41, 5.74) is 0.233. The van der Waals surface area contributed by atoms with Crippen LogP contribution in [-0.4, -0.2) is 30.3 Å². The highest BCUT2D eigenvalue weighted by Gasteiger charge is 2.28. The van der Waals surface area contributed by atoms with E-state index in [2.05, 4.69) is 14.2 Å². The number of nitroso groups, excluding NO2 is 1. The quantitative estimate of drug-likeness (QED) is 0.327. The van der Waals surface area contributed by atoms with E-state index >= 15 is 0 Å². The molecule has 9 heteroatoms. The van der Waals surface area contributed by atoms with Crippen molar-refractivity contribution in [2.75, 3.05) is 20.3 Å². The molecule has 0 bridgehead atoms. The lowest BCUT2D eigenvalue weighted by molar-refractivity contribution is -0.202. The van der Waals surface area contributed by atoms with E-state index in [1.807, 2.05) is 0 Å². The lowest BCUT2D eigenvalue weighted by Crippen LogP contribution is -2.27. The van der Waals surface area contributed by atoms with Crippen molar-refractivity contribution < 1.29 is 28.3 Å². The van der Waals surface area contributed by atoms with Crippen LogP contribution in [0.1, 0.15) is 12.5 Å². The van der Waals surface area contributed by atoms with Crippen molar-refractivity contribution in [3.63, 3.8) is 0 Å². The van der Waals surface area contributed by atoms with E-state index in [1.165, 1.54) is 19.1 Å². The molecular formula is C11H16NO7P. The Kier molecular flexibility index (Phi) is 5.94. The molecule has 0 fully saturated rings. The molecule has 1 aromatic carbocycles. The number of hydrogen-bond acceptors (Lipinski definition) is 7. The molecule has 2 unspecified atom stereocenters. The molecule has 0 spiro atoms. The van der Waals surface area contributed by atoms with Gasteiger partial charge in [-0.2, -0.15) is 0 Å². The zero-order valence-electron chi connectivity index (χ0n) is 11.1. The molecule has 112 valence electrons. The van der Waals surface area contributed by atoms with E-state index in [-0.39, 0.29) is 24.5 Å². The van der Waals surface area contributed by atoms with Gasteiger partial charge in [0.2, 0.25) is 0 Å². The fourth-order valence-corrected chi connectivity index (χ4v) is 1.88. The van der Waals surface area contributed by atoms with E-state index in [9.17, 15) is 14.6 Å². The molecule has 0 amide bonds. The lowest BCUT2D eigenvalue weighted by Gasteiger charge is -2.25. The summed E-state index contributed by atoms with van der Waals surface area (Å²) in [7, 11) is -3.04. The van der Waals surface area contributed by atoms with E-state index in [0.717, 1.165) is 7.11 Å². The number of phosphoric acid groups is 1. The van der Waals surface area contributed by atoms with Gasteiger partial charge in [0.1, 0.15) is 5.69 Å². The molecule has 8 nitrogen and oxygen atoms in total. The minimum Gasteiger partial charge on any atom is -0.362 e. The van der Waals surface area contributed by atoms with Crippen LogP contribution in [-0.2, 0) is 24.1 Å². The average Bonchev–Trinajstić information content (AvgIpc) is 2.43. The van der Waals surface area contributed by atoms with Crippen LogP contribution < -0.4 is 0 Å². The van der Waals surface area contributed by atoms with Crippen LogP contribution in [0.15, 0.2) is 29.4 Å². The second kappa shape index (κ2) is 7.03. The molecule has 2 N–H and O–H groups in total. The number of rotatable bonds is 8. The third-order valence-electron chi connectivity index (χ3n) is 2.45. The maximum Gasteiger partial charge on any atom is 0.471 e. The van der Waals surface area contributed by atoms with Crippen molar-refractivity contribution >= 4 is 13.5 Å². The summed E-state index contributed by atoms with van der Waals surface area (Å²) in [6.45, 7) is 0.869. The largest absolute Gasteiger partial charge is 0.471 e. The fraction of sp³-hybridized carbons (Fsp3) is 0.455. The minimum absolute atomic E-state index is 0.0446. The Morgan fingerprint density at radius 3 is 2.60 bits per heavy atom. The second-order valence-electron chi connectivity index (χ2n) is 3.92. The van der Waals surface area contributed by atoms with Crippen molar-refractivity contribution in [3.05, 3.63) is 34.7 Å². The summed E-state index contributed by atoms with van der Waals surface area (Å²) in [5.74, 6) is -1.78. The third-order valence-corrected chi connectivity index (χ3v) is 3.42. The predicted octanol–water partition coefficient (Wildman–Crippen LogP) is 2.03. The number of hydrogen-bond donors (Lipinski definition) is 2. The molecule has 0 radical (unpaired) electrons. The van der Waals surface area contributed by atoms with Crippen LogP contribution in [0, 0.1) is 4.91 Å². The molecule has 1 aromatic rings. The van der Waals surface area contributed by atoms with E-state index in [4.69, 9.17) is 9.63 Å². The Balaban J connectivity index is 2.62. The van der Waals surface area contributed by atoms with Crippen molar-refractivity contribution in [2.45, 2.75) is 12.7 Å². The normalized spacial score (nSPS) is 17.2. The van der Waals surface area contributed by atoms with Crippen LogP contribution >= 0.6 is 7.82 Å². The first-order valence-corrected chi connectivity index (χ1v) is 7.14. The maximum atomic E-state index is 11.0. The van der Waals surface area contributed by atoms with Crippen LogP contribution in [0.3, 0.4) is 0 Å². The number of benzene rings is 1. The van der Waals surface area contributed by atoms with Gasteiger partial charge in [0, 0.05) is 12.7 Å². The highest BCUT2D eigenvalue weighted by Crippen LogP contribution is 2.41. The van der Waals surface area contributed by atoms with E-state index in [1.54, 1.807) is 12.1 Å². The van der Waals surface area contributed by atoms with Gasteiger partial charge in [-0.1, -0.05) is 18.2 Å². The topological polar surface area (TPSA) is 115 Å². The highest BCUT2D eigenvalue weighted by atomic mass is 31.2. The minimum atomic E-state index is -4.07. The molecule has 2 atom stereocenters. The van der Waals surface area contributed by atoms with Gasteiger partial charge in [-0.15, -0.1) is 4.91 Å². The third kappa shape index (κ3) is 4.75. The Hall–Kier alpha value is -1.15. The van der Waals surface area contributed by atoms with Crippen molar-refractivity contribution in [1.29, 1.82) is 0 Å². The van der Waals surface area contributed by atoms with Gasteiger partial charge in [-0.05, 0) is 18.2 Å². The van der Waals surface area contributed by atoms with Crippen molar-refractivity contribution in [2.24, 2.45) is 5.18 Å². The molecule has 0 saturated carbocycles. The number of ether oxygens (including phenoxy) is 1. The van der Waals surface area contributed by atoms with Gasteiger partial charge < -0.3 is 14.7 Å². The summed E-state index contributed by atoms with van der Waals surface area (Å²) in [6, 6.07) is 6.14. The summed E-state index contributed by atoms with van der Waals surface area (Å²) in [5, 5.41) is 12.9. The van der Waals surface area contributed by atoms with Gasteiger partial charge >= 0.3 is 7.82 Å². The zero-order chi connectivity index (χ0) is 15.2. The van der Waals surface area contributed by atoms with Crippen LogP contribution in [0.2, 0.25) is 0 Å². The molecule has 0 aliphatic carbocycles. The summed E-state index contributed by atoms with van der Waals surface area (Å²) in [6.07, 6.45) is 0. The van der Waals surface area contributed by atoms with Gasteiger partial charge in [-0.25, -0.2) is 4.57 Å². The monoisotopic (exact) mass is 305 g/mol. The molecule has 1 rings (SSSR count). The van der Waals surface area contributed by atoms with Crippen LogP contribution in [0.5, 0.6) is 0 Å². The molecule has 0 aliphatic rings. The highest BCUT2D eigenvalue weighted by molar-refractivity contribution is 7.47. The Morgan fingerprint density at radius 2 is 2.00 bits per heavy atom. The zero-order valence-corrected chi connectivity index (χ0v) is 11.9. The van der Waals surface area contributed by atoms with Crippen molar-refractivity contribution in [3.8, 4) is 0 Å². The summed E-state index contributed by atoms with van der Waals surface area (Å²) in [4.78, 5) is 19.6. The molecule has 0 aliphatic heterocycles. The maximum absolute atomic E-state index is 11.0. The number of nitrogens with zero attached hydrogens (tertiary/aromatic N) is 1. The van der Waals surface area contributed by atoms with Crippen LogP contribution in [0.4, 0.5) is 5.69 Å². The Labute approximate surface area is 115 Å². The first-order chi connectivity index (χ1) is 9.32. The smallest absolute Gasteiger partial charge is 0.362 e. The average molecular weight is 305 g/mol. The van der Waals surface area contributed by atoms with Gasteiger partial charge in [0.25, 0.3) is 0 Å². The molecule has 20 heavy (non-hydrogen) atoms. The number of aliphatic hydroxyl groups is 1. The van der Waals surface area contributed by atoms with Gasteiger partial charge in [0.05, 0.1) is 13.2 Å². The first kappa shape index (κ1) is 16.9. The lowest BCUT2D eigenvalue weighted by atomic mass is 10.1. The summed E-state index contributed by atoms with van der Waals surface area (Å²) < 4.78 is 24.9. The summed E-state index contributed by atoms with van der Waals surface area (Å²) >= 11 is 0. The van der Waals surface area contributed by atoms with E-state index in [0.29, 0.717) is 0 Å². The molecule has 0 heterocycles.